The van der Waals surface area contributed by atoms with Crippen molar-refractivity contribution in [2.24, 2.45) is 15.9 Å². The van der Waals surface area contributed by atoms with Gasteiger partial charge in [0, 0.05) is 18.7 Å². The highest BCUT2D eigenvalue weighted by Gasteiger charge is 1.91. The van der Waals surface area contributed by atoms with Crippen molar-refractivity contribution in [3.05, 3.63) is 35.9 Å². The van der Waals surface area contributed by atoms with E-state index in [1.165, 1.54) is 5.56 Å². The summed E-state index contributed by atoms with van der Waals surface area (Å²) in [6, 6.07) is 10.1. The number of guanidine groups is 1. The monoisotopic (exact) mass is 210 g/mol. The summed E-state index contributed by atoms with van der Waals surface area (Å²) >= 11 is 0.950. The van der Waals surface area contributed by atoms with Crippen molar-refractivity contribution >= 4 is 18.1 Å². The molecule has 1 rings (SSSR count). The largest absolute Gasteiger partial charge is 0.369 e. The van der Waals surface area contributed by atoms with Crippen LogP contribution in [-0.2, 0) is 6.42 Å². The molecule has 0 unspecified atom stereocenters. The van der Waals surface area contributed by atoms with E-state index >= 15 is 0 Å². The fourth-order valence-electron chi connectivity index (χ4n) is 1.04. The first-order valence-corrected chi connectivity index (χ1v) is 5.16. The Labute approximate surface area is 88.0 Å². The Balaban J connectivity index is 2.31. The summed E-state index contributed by atoms with van der Waals surface area (Å²) in [5, 5.41) is 5.16. The molecular formula is C9H14N4S. The molecule has 0 saturated heterocycles. The summed E-state index contributed by atoms with van der Waals surface area (Å²) in [5.74, 6) is 0.369. The zero-order chi connectivity index (χ0) is 10.2. The van der Waals surface area contributed by atoms with Gasteiger partial charge < -0.3 is 5.73 Å². The second kappa shape index (κ2) is 6.28. The lowest BCUT2D eigenvalue weighted by Gasteiger charge is -2.00. The number of aliphatic imine (C=N–C) groups is 1. The predicted octanol–water partition coefficient (Wildman–Crippen LogP) is 0.655. The molecule has 0 fully saturated rings. The van der Waals surface area contributed by atoms with E-state index in [0.29, 0.717) is 12.5 Å². The minimum Gasteiger partial charge on any atom is -0.369 e. The molecule has 0 saturated carbocycles. The standard InChI is InChI=1S/C9H14N4S/c10-9(13-14-11)12-7-6-8-4-2-1-3-5-8/h1-5H,6-7,11H2,(H3,10,12,13). The average Bonchev–Trinajstić information content (AvgIpc) is 2.20. The number of nitrogens with one attached hydrogen (secondary N) is 1. The molecule has 5 N–H and O–H groups in total. The van der Waals surface area contributed by atoms with Crippen LogP contribution in [0, 0.1) is 0 Å². The molecule has 14 heavy (non-hydrogen) atoms. The van der Waals surface area contributed by atoms with Gasteiger partial charge in [-0.1, -0.05) is 30.3 Å². The molecule has 0 radical (unpaired) electrons. The van der Waals surface area contributed by atoms with Gasteiger partial charge in [-0.05, 0) is 12.0 Å². The van der Waals surface area contributed by atoms with E-state index in [4.69, 9.17) is 10.9 Å². The van der Waals surface area contributed by atoms with E-state index in [9.17, 15) is 0 Å². The van der Waals surface area contributed by atoms with E-state index in [1.54, 1.807) is 0 Å². The number of nitrogens with two attached hydrogens (primary N) is 2. The Kier molecular flexibility index (Phi) is 4.88. The molecule has 0 spiro atoms. The zero-order valence-electron chi connectivity index (χ0n) is 7.81. The molecule has 0 aliphatic rings. The van der Waals surface area contributed by atoms with Crippen LogP contribution in [0.4, 0.5) is 0 Å². The second-order valence-electron chi connectivity index (χ2n) is 2.72. The van der Waals surface area contributed by atoms with E-state index in [0.717, 1.165) is 18.6 Å². The van der Waals surface area contributed by atoms with Gasteiger partial charge in [-0.25, -0.2) is 0 Å². The Hall–Kier alpha value is -1.20. The summed E-state index contributed by atoms with van der Waals surface area (Å²) in [7, 11) is 0. The molecule has 0 atom stereocenters. The van der Waals surface area contributed by atoms with Gasteiger partial charge in [-0.15, -0.1) is 0 Å². The van der Waals surface area contributed by atoms with E-state index < -0.39 is 0 Å². The number of hydrogen-bond donors (Lipinski definition) is 3. The zero-order valence-corrected chi connectivity index (χ0v) is 8.63. The molecule has 0 heterocycles. The molecular weight excluding hydrogens is 196 g/mol. The number of hydrogen-bond acceptors (Lipinski definition) is 3. The quantitative estimate of drug-likeness (QED) is 0.387. The summed E-state index contributed by atoms with van der Waals surface area (Å²) in [4.78, 5) is 4.09. The van der Waals surface area contributed by atoms with Gasteiger partial charge >= 0.3 is 0 Å². The van der Waals surface area contributed by atoms with Crippen LogP contribution in [0.1, 0.15) is 5.56 Å². The van der Waals surface area contributed by atoms with Crippen LogP contribution in [-0.4, -0.2) is 12.5 Å². The highest BCUT2D eigenvalue weighted by atomic mass is 32.2. The maximum Gasteiger partial charge on any atom is 0.199 e. The number of rotatable bonds is 4. The third-order valence-electron chi connectivity index (χ3n) is 1.69. The van der Waals surface area contributed by atoms with E-state index in [-0.39, 0.29) is 0 Å². The summed E-state index contributed by atoms with van der Waals surface area (Å²) in [6.45, 7) is 0.670. The molecule has 1 aromatic rings. The van der Waals surface area contributed by atoms with Crippen molar-refractivity contribution in [1.82, 2.24) is 4.72 Å². The van der Waals surface area contributed by atoms with Crippen LogP contribution in [0.2, 0.25) is 0 Å². The minimum absolute atomic E-state index is 0.369. The normalized spacial score (nSPS) is 11.4. The highest BCUT2D eigenvalue weighted by Crippen LogP contribution is 1.99. The second-order valence-corrected chi connectivity index (χ2v) is 3.16. The van der Waals surface area contributed by atoms with Gasteiger partial charge in [0.25, 0.3) is 0 Å². The third-order valence-corrected chi connectivity index (χ3v) is 2.02. The Morgan fingerprint density at radius 3 is 2.71 bits per heavy atom. The predicted molar refractivity (Wildman–Crippen MR) is 61.5 cm³/mol. The first-order chi connectivity index (χ1) is 6.83. The fourth-order valence-corrected chi connectivity index (χ4v) is 1.23. The first kappa shape index (κ1) is 10.9. The van der Waals surface area contributed by atoms with E-state index in [1.807, 2.05) is 18.2 Å². The van der Waals surface area contributed by atoms with Gasteiger partial charge in [-0.2, -0.15) is 0 Å². The highest BCUT2D eigenvalue weighted by molar-refractivity contribution is 7.95. The summed E-state index contributed by atoms with van der Waals surface area (Å²) < 4.78 is 2.65. The van der Waals surface area contributed by atoms with Crippen molar-refractivity contribution in [2.75, 3.05) is 6.54 Å². The molecule has 0 aliphatic carbocycles. The smallest absolute Gasteiger partial charge is 0.199 e. The van der Waals surface area contributed by atoms with Crippen LogP contribution >= 0.6 is 12.1 Å². The topological polar surface area (TPSA) is 76.4 Å². The summed E-state index contributed by atoms with van der Waals surface area (Å²) in [6.07, 6.45) is 0.887. The Morgan fingerprint density at radius 1 is 1.36 bits per heavy atom. The lowest BCUT2D eigenvalue weighted by atomic mass is 10.2. The maximum atomic E-state index is 5.49. The molecule has 0 amide bonds. The maximum absolute atomic E-state index is 5.49. The molecule has 5 heteroatoms. The molecule has 76 valence electrons. The lowest BCUT2D eigenvalue weighted by Crippen LogP contribution is -2.27. The first-order valence-electron chi connectivity index (χ1n) is 4.28. The van der Waals surface area contributed by atoms with Crippen LogP contribution in [0.3, 0.4) is 0 Å². The van der Waals surface area contributed by atoms with Gasteiger partial charge in [0.05, 0.1) is 0 Å². The SMILES string of the molecule is NSNC(N)=NCCc1ccccc1. The van der Waals surface area contributed by atoms with Crippen molar-refractivity contribution in [2.45, 2.75) is 6.42 Å². The van der Waals surface area contributed by atoms with Crippen LogP contribution in [0.25, 0.3) is 0 Å². The number of nitrogens with zero attached hydrogens (tertiary/aromatic N) is 1. The van der Waals surface area contributed by atoms with Crippen molar-refractivity contribution in [3.8, 4) is 0 Å². The number of benzene rings is 1. The van der Waals surface area contributed by atoms with Gasteiger partial charge in [0.2, 0.25) is 0 Å². The minimum atomic E-state index is 0.369. The van der Waals surface area contributed by atoms with Gasteiger partial charge in [-0.3, -0.25) is 14.9 Å². The van der Waals surface area contributed by atoms with Crippen LogP contribution < -0.4 is 15.6 Å². The molecule has 0 aromatic heterocycles. The van der Waals surface area contributed by atoms with Gasteiger partial charge in [0.15, 0.2) is 5.96 Å². The van der Waals surface area contributed by atoms with Crippen LogP contribution in [0.5, 0.6) is 0 Å². The van der Waals surface area contributed by atoms with Crippen LogP contribution in [0.15, 0.2) is 35.3 Å². The van der Waals surface area contributed by atoms with Crippen molar-refractivity contribution in [3.63, 3.8) is 0 Å². The summed E-state index contributed by atoms with van der Waals surface area (Å²) in [5.41, 5.74) is 6.74. The Bertz CT molecular complexity index is 286. The lowest BCUT2D eigenvalue weighted by molar-refractivity contribution is 0.959. The molecule has 1 aromatic carbocycles. The molecule has 0 aliphatic heterocycles. The molecule has 0 bridgehead atoms. The fraction of sp³-hybridized carbons (Fsp3) is 0.222. The average molecular weight is 210 g/mol. The van der Waals surface area contributed by atoms with Gasteiger partial charge in [0.1, 0.15) is 0 Å². The third kappa shape index (κ3) is 4.15. The van der Waals surface area contributed by atoms with Crippen molar-refractivity contribution in [1.29, 1.82) is 0 Å². The van der Waals surface area contributed by atoms with E-state index in [2.05, 4.69) is 21.8 Å². The molecule has 4 nitrogen and oxygen atoms in total. The van der Waals surface area contributed by atoms with Crippen molar-refractivity contribution < 1.29 is 0 Å². The Morgan fingerprint density at radius 2 is 2.07 bits per heavy atom.